The molecule has 0 atom stereocenters. The van der Waals surface area contributed by atoms with Gasteiger partial charge >= 0.3 is 6.03 Å². The molecule has 0 aliphatic carbocycles. The van der Waals surface area contributed by atoms with Crippen LogP contribution in [0, 0.1) is 0 Å². The van der Waals surface area contributed by atoms with Crippen LogP contribution in [-0.4, -0.2) is 33.1 Å². The summed E-state index contributed by atoms with van der Waals surface area (Å²) in [6, 6.07) is 13.2. The number of amides is 2. The highest BCUT2D eigenvalue weighted by molar-refractivity contribution is 7.98. The Balaban J connectivity index is 1.89. The van der Waals surface area contributed by atoms with Gasteiger partial charge in [0.1, 0.15) is 0 Å². The number of ether oxygens (including phenoxy) is 2. The van der Waals surface area contributed by atoms with Gasteiger partial charge in [0.05, 0.1) is 14.2 Å². The van der Waals surface area contributed by atoms with Crippen LogP contribution < -0.4 is 20.1 Å². The normalized spacial score (nSPS) is 10.1. The van der Waals surface area contributed by atoms with Crippen molar-refractivity contribution in [3.8, 4) is 11.5 Å². The first kappa shape index (κ1) is 18.0. The summed E-state index contributed by atoms with van der Waals surface area (Å²) in [4.78, 5) is 13.1. The largest absolute Gasteiger partial charge is 0.493 e. The topological polar surface area (TPSA) is 59.6 Å². The Morgan fingerprint density at radius 1 is 1.12 bits per heavy atom. The summed E-state index contributed by atoms with van der Waals surface area (Å²) < 4.78 is 10.7. The first-order chi connectivity index (χ1) is 11.7. The van der Waals surface area contributed by atoms with E-state index in [0.29, 0.717) is 24.5 Å². The van der Waals surface area contributed by atoms with Crippen LogP contribution in [0.4, 0.5) is 10.5 Å². The molecule has 2 amide bonds. The van der Waals surface area contributed by atoms with E-state index in [2.05, 4.69) is 10.6 Å². The van der Waals surface area contributed by atoms with E-state index in [0.717, 1.165) is 16.1 Å². The van der Waals surface area contributed by atoms with Crippen molar-refractivity contribution in [2.45, 2.75) is 11.3 Å². The second-order valence-electron chi connectivity index (χ2n) is 5.02. The maximum atomic E-state index is 12.0. The number of urea groups is 1. The monoisotopic (exact) mass is 346 g/mol. The van der Waals surface area contributed by atoms with Gasteiger partial charge in [-0.15, -0.1) is 11.8 Å². The molecule has 24 heavy (non-hydrogen) atoms. The van der Waals surface area contributed by atoms with Gasteiger partial charge in [-0.1, -0.05) is 18.2 Å². The number of carbonyl (C=O) groups excluding carboxylic acids is 1. The number of thioether (sulfide) groups is 1. The van der Waals surface area contributed by atoms with Crippen LogP contribution in [0.3, 0.4) is 0 Å². The Morgan fingerprint density at radius 3 is 2.62 bits per heavy atom. The quantitative estimate of drug-likeness (QED) is 0.749. The summed E-state index contributed by atoms with van der Waals surface area (Å²) in [5, 5.41) is 5.69. The predicted octanol–water partition coefficient (Wildman–Crippen LogP) is 3.79. The number of carbonyl (C=O) groups is 1. The standard InChI is InChI=1S/C18H22N2O3S/c1-22-16-9-4-6-13(17(16)23-2)10-11-19-18(21)20-14-7-5-8-15(12-14)24-3/h4-9,12H,10-11H2,1-3H3,(H2,19,20,21). The second kappa shape index (κ2) is 9.08. The molecule has 0 saturated heterocycles. The van der Waals surface area contributed by atoms with Gasteiger partial charge in [-0.25, -0.2) is 4.79 Å². The first-order valence-electron chi connectivity index (χ1n) is 7.56. The third-order valence-corrected chi connectivity index (χ3v) is 4.22. The molecule has 0 bridgehead atoms. The van der Waals surface area contributed by atoms with Crippen LogP contribution >= 0.6 is 11.8 Å². The minimum atomic E-state index is -0.227. The number of hydrogen-bond donors (Lipinski definition) is 2. The Morgan fingerprint density at radius 2 is 1.92 bits per heavy atom. The lowest BCUT2D eigenvalue weighted by Gasteiger charge is -2.13. The van der Waals surface area contributed by atoms with Crippen molar-refractivity contribution in [1.82, 2.24) is 5.32 Å². The highest BCUT2D eigenvalue weighted by Gasteiger charge is 2.09. The maximum absolute atomic E-state index is 12.0. The number of nitrogens with one attached hydrogen (secondary N) is 2. The van der Waals surface area contributed by atoms with Crippen molar-refractivity contribution in [3.63, 3.8) is 0 Å². The number of methoxy groups -OCH3 is 2. The lowest BCUT2D eigenvalue weighted by Crippen LogP contribution is -2.30. The predicted molar refractivity (Wildman–Crippen MR) is 98.5 cm³/mol. The highest BCUT2D eigenvalue weighted by Crippen LogP contribution is 2.30. The zero-order valence-corrected chi connectivity index (χ0v) is 14.9. The van der Waals surface area contributed by atoms with Crippen LogP contribution in [0.25, 0.3) is 0 Å². The van der Waals surface area contributed by atoms with Gasteiger partial charge in [-0.2, -0.15) is 0 Å². The van der Waals surface area contributed by atoms with Crippen LogP contribution in [0.1, 0.15) is 5.56 Å². The van der Waals surface area contributed by atoms with Gasteiger partial charge in [-0.05, 0) is 42.5 Å². The number of benzene rings is 2. The molecule has 128 valence electrons. The number of anilines is 1. The minimum absolute atomic E-state index is 0.227. The smallest absolute Gasteiger partial charge is 0.319 e. The van der Waals surface area contributed by atoms with Gasteiger partial charge < -0.3 is 20.1 Å². The minimum Gasteiger partial charge on any atom is -0.493 e. The highest BCUT2D eigenvalue weighted by atomic mass is 32.2. The van der Waals surface area contributed by atoms with Gasteiger partial charge in [0, 0.05) is 17.1 Å². The SMILES string of the molecule is COc1cccc(CCNC(=O)Nc2cccc(SC)c2)c1OC. The van der Waals surface area contributed by atoms with Crippen LogP contribution in [-0.2, 0) is 6.42 Å². The molecule has 0 aliphatic rings. The van der Waals surface area contributed by atoms with Crippen molar-refractivity contribution >= 4 is 23.5 Å². The van der Waals surface area contributed by atoms with E-state index in [1.807, 2.05) is 48.7 Å². The summed E-state index contributed by atoms with van der Waals surface area (Å²) in [5.41, 5.74) is 1.76. The first-order valence-corrected chi connectivity index (χ1v) is 8.79. The van der Waals surface area contributed by atoms with Crippen molar-refractivity contribution in [2.75, 3.05) is 32.3 Å². The average molecular weight is 346 g/mol. The lowest BCUT2D eigenvalue weighted by molar-refractivity contribution is 0.252. The molecular weight excluding hydrogens is 324 g/mol. The average Bonchev–Trinajstić information content (AvgIpc) is 2.61. The fourth-order valence-corrected chi connectivity index (χ4v) is 2.80. The fourth-order valence-electron chi connectivity index (χ4n) is 2.34. The molecule has 0 unspecified atom stereocenters. The molecule has 0 radical (unpaired) electrons. The molecule has 2 aromatic rings. The van der Waals surface area contributed by atoms with E-state index < -0.39 is 0 Å². The van der Waals surface area contributed by atoms with Crippen LogP contribution in [0.5, 0.6) is 11.5 Å². The summed E-state index contributed by atoms with van der Waals surface area (Å²) in [7, 11) is 3.22. The lowest BCUT2D eigenvalue weighted by atomic mass is 10.1. The molecule has 0 aliphatic heterocycles. The van der Waals surface area contributed by atoms with Crippen molar-refractivity contribution < 1.29 is 14.3 Å². The van der Waals surface area contributed by atoms with E-state index in [9.17, 15) is 4.79 Å². The zero-order valence-electron chi connectivity index (χ0n) is 14.1. The summed E-state index contributed by atoms with van der Waals surface area (Å²) in [6.45, 7) is 0.498. The fraction of sp³-hybridized carbons (Fsp3) is 0.278. The Kier molecular flexibility index (Phi) is 6.81. The molecule has 5 nitrogen and oxygen atoms in total. The van der Waals surface area contributed by atoms with E-state index in [-0.39, 0.29) is 6.03 Å². The van der Waals surface area contributed by atoms with Gasteiger partial charge in [0.15, 0.2) is 11.5 Å². The molecule has 2 N–H and O–H groups in total. The van der Waals surface area contributed by atoms with Gasteiger partial charge in [0.2, 0.25) is 0 Å². The summed E-state index contributed by atoms with van der Waals surface area (Å²) >= 11 is 1.64. The Hall–Kier alpha value is -2.34. The molecule has 6 heteroatoms. The Labute approximate surface area is 146 Å². The number of hydrogen-bond acceptors (Lipinski definition) is 4. The molecule has 2 rings (SSSR count). The maximum Gasteiger partial charge on any atom is 0.319 e. The number of rotatable bonds is 7. The number of para-hydroxylation sites is 1. The van der Waals surface area contributed by atoms with Gasteiger partial charge in [-0.3, -0.25) is 0 Å². The van der Waals surface area contributed by atoms with Crippen molar-refractivity contribution in [3.05, 3.63) is 48.0 Å². The second-order valence-corrected chi connectivity index (χ2v) is 5.90. The molecule has 0 heterocycles. The molecule has 0 saturated carbocycles. The van der Waals surface area contributed by atoms with Crippen LogP contribution in [0.15, 0.2) is 47.4 Å². The third-order valence-electron chi connectivity index (χ3n) is 3.49. The van der Waals surface area contributed by atoms with E-state index in [1.54, 1.807) is 26.0 Å². The summed E-state index contributed by atoms with van der Waals surface area (Å²) in [6.07, 6.45) is 2.65. The zero-order chi connectivity index (χ0) is 17.4. The third kappa shape index (κ3) is 4.83. The molecule has 0 fully saturated rings. The van der Waals surface area contributed by atoms with Crippen LogP contribution in [0.2, 0.25) is 0 Å². The summed E-state index contributed by atoms with van der Waals surface area (Å²) in [5.74, 6) is 1.39. The Bertz CT molecular complexity index is 692. The van der Waals surface area contributed by atoms with E-state index in [4.69, 9.17) is 9.47 Å². The van der Waals surface area contributed by atoms with Crippen molar-refractivity contribution in [1.29, 1.82) is 0 Å². The molecular formula is C18H22N2O3S. The van der Waals surface area contributed by atoms with E-state index in [1.165, 1.54) is 0 Å². The molecule has 0 aromatic heterocycles. The van der Waals surface area contributed by atoms with E-state index >= 15 is 0 Å². The molecule has 2 aromatic carbocycles. The molecule has 0 spiro atoms. The van der Waals surface area contributed by atoms with Gasteiger partial charge in [0.25, 0.3) is 0 Å². The van der Waals surface area contributed by atoms with Crippen molar-refractivity contribution in [2.24, 2.45) is 0 Å².